The largest absolute Gasteiger partial charge is 0.398 e. The number of nitrogens with zero attached hydrogens (tertiary/aromatic N) is 3. The van der Waals surface area contributed by atoms with Gasteiger partial charge in [-0.3, -0.25) is 5.41 Å². The lowest BCUT2D eigenvalue weighted by Gasteiger charge is -2.17. The molecule has 5 heteroatoms. The van der Waals surface area contributed by atoms with E-state index in [2.05, 4.69) is 22.3 Å². The third-order valence-corrected chi connectivity index (χ3v) is 4.81. The number of benzene rings is 1. The SMILES string of the molecule is C[N+]1=CC(c2ccc(N)c(C(=N)c3ccnc(N4CCCC4)c3)c2)=C1. The standard InChI is InChI=1S/C20H22N5/c1-24-12-16(13-24)14-4-5-18(21)17(10-14)20(22)15-6-7-23-19(11-15)25-8-2-3-9-25/h4-7,10-13,22H,2-3,8-9,21H2,1H3/q+1. The molecule has 0 aliphatic carbocycles. The van der Waals surface area contributed by atoms with E-state index in [9.17, 15) is 0 Å². The highest BCUT2D eigenvalue weighted by Gasteiger charge is 2.19. The third-order valence-electron chi connectivity index (χ3n) is 4.81. The Hall–Kier alpha value is -2.95. The minimum absolute atomic E-state index is 0.440. The Morgan fingerprint density at radius 1 is 1.20 bits per heavy atom. The quantitative estimate of drug-likeness (QED) is 0.514. The molecular weight excluding hydrogens is 310 g/mol. The molecule has 0 saturated carbocycles. The Bertz CT molecular complexity index is 904. The molecule has 1 aromatic carbocycles. The maximum Gasteiger partial charge on any atom is 0.182 e. The van der Waals surface area contributed by atoms with Gasteiger partial charge in [-0.1, -0.05) is 6.07 Å². The van der Waals surface area contributed by atoms with Crippen LogP contribution in [0.2, 0.25) is 0 Å². The summed E-state index contributed by atoms with van der Waals surface area (Å²) < 4.78 is 2.02. The van der Waals surface area contributed by atoms with Crippen LogP contribution in [0, 0.1) is 5.41 Å². The van der Waals surface area contributed by atoms with Crippen molar-refractivity contribution in [2.75, 3.05) is 30.8 Å². The van der Waals surface area contributed by atoms with Gasteiger partial charge in [-0.25, -0.2) is 9.56 Å². The number of nitrogen functional groups attached to an aromatic ring is 1. The number of hydrogen-bond donors (Lipinski definition) is 2. The van der Waals surface area contributed by atoms with Gasteiger partial charge >= 0.3 is 0 Å². The van der Waals surface area contributed by atoms with Crippen molar-refractivity contribution in [1.29, 1.82) is 5.41 Å². The molecule has 25 heavy (non-hydrogen) atoms. The molecule has 0 atom stereocenters. The number of allylic oxidation sites excluding steroid dienone is 1. The average Bonchev–Trinajstić information content (AvgIpc) is 3.14. The van der Waals surface area contributed by atoms with Crippen LogP contribution < -0.4 is 10.6 Å². The van der Waals surface area contributed by atoms with E-state index in [0.29, 0.717) is 11.4 Å². The molecule has 1 saturated heterocycles. The van der Waals surface area contributed by atoms with Gasteiger partial charge in [-0.05, 0) is 42.7 Å². The monoisotopic (exact) mass is 332 g/mol. The van der Waals surface area contributed by atoms with Gasteiger partial charge in [0.2, 0.25) is 0 Å². The fraction of sp³-hybridized carbons (Fsp3) is 0.250. The van der Waals surface area contributed by atoms with Crippen molar-refractivity contribution in [3.8, 4) is 0 Å². The van der Waals surface area contributed by atoms with Crippen molar-refractivity contribution in [3.63, 3.8) is 0 Å². The number of nitrogens with two attached hydrogens (primary N) is 1. The van der Waals surface area contributed by atoms with E-state index in [1.54, 1.807) is 6.20 Å². The second-order valence-electron chi connectivity index (χ2n) is 6.65. The zero-order valence-electron chi connectivity index (χ0n) is 14.4. The highest BCUT2D eigenvalue weighted by Crippen LogP contribution is 2.25. The van der Waals surface area contributed by atoms with Crippen LogP contribution in [0.3, 0.4) is 0 Å². The highest BCUT2D eigenvalue weighted by molar-refractivity contribution is 6.16. The maximum absolute atomic E-state index is 8.66. The summed E-state index contributed by atoms with van der Waals surface area (Å²) in [5.74, 6) is 0.950. The van der Waals surface area contributed by atoms with E-state index in [4.69, 9.17) is 11.1 Å². The fourth-order valence-electron chi connectivity index (χ4n) is 3.38. The molecule has 2 aliphatic heterocycles. The summed E-state index contributed by atoms with van der Waals surface area (Å²) in [5.41, 5.74) is 11.1. The highest BCUT2D eigenvalue weighted by atomic mass is 15.2. The number of hydrogen-bond acceptors (Lipinski definition) is 4. The zero-order valence-corrected chi connectivity index (χ0v) is 14.4. The smallest absolute Gasteiger partial charge is 0.182 e. The molecule has 126 valence electrons. The molecule has 3 N–H and O–H groups in total. The molecule has 1 fully saturated rings. The van der Waals surface area contributed by atoms with Gasteiger partial charge in [0.25, 0.3) is 0 Å². The van der Waals surface area contributed by atoms with Crippen LogP contribution in [0.15, 0.2) is 42.7 Å². The van der Waals surface area contributed by atoms with Gasteiger partial charge in [0, 0.05) is 36.1 Å². The first-order valence-corrected chi connectivity index (χ1v) is 8.60. The average molecular weight is 332 g/mol. The molecule has 4 rings (SSSR count). The lowest BCUT2D eigenvalue weighted by Crippen LogP contribution is -2.19. The molecule has 0 spiro atoms. The predicted molar refractivity (Wildman–Crippen MR) is 103 cm³/mol. The van der Waals surface area contributed by atoms with Crippen molar-refractivity contribution in [3.05, 3.63) is 59.4 Å². The second kappa shape index (κ2) is 6.16. The van der Waals surface area contributed by atoms with Crippen LogP contribution in [0.1, 0.15) is 29.5 Å². The first-order valence-electron chi connectivity index (χ1n) is 8.60. The maximum atomic E-state index is 8.66. The number of pyridine rings is 1. The Labute approximate surface area is 147 Å². The first kappa shape index (κ1) is 15.6. The first-order chi connectivity index (χ1) is 12.1. The summed E-state index contributed by atoms with van der Waals surface area (Å²) in [7, 11) is 2.00. The number of rotatable bonds is 4. The van der Waals surface area contributed by atoms with Crippen LogP contribution in [0.25, 0.3) is 5.57 Å². The van der Waals surface area contributed by atoms with E-state index in [0.717, 1.165) is 41.2 Å². The molecule has 3 heterocycles. The van der Waals surface area contributed by atoms with Gasteiger partial charge in [0.05, 0.1) is 5.71 Å². The minimum atomic E-state index is 0.440. The lowest BCUT2D eigenvalue weighted by atomic mass is 9.96. The van der Waals surface area contributed by atoms with Gasteiger partial charge < -0.3 is 10.6 Å². The lowest BCUT2D eigenvalue weighted by molar-refractivity contribution is -0.423. The van der Waals surface area contributed by atoms with E-state index in [-0.39, 0.29) is 0 Å². The Morgan fingerprint density at radius 2 is 1.96 bits per heavy atom. The molecule has 2 aromatic rings. The summed E-state index contributed by atoms with van der Waals surface area (Å²) >= 11 is 0. The van der Waals surface area contributed by atoms with Crippen molar-refractivity contribution in [1.82, 2.24) is 4.98 Å². The van der Waals surface area contributed by atoms with Crippen LogP contribution in [0.4, 0.5) is 11.5 Å². The number of anilines is 2. The normalized spacial score (nSPS) is 16.3. The second-order valence-corrected chi connectivity index (χ2v) is 6.65. The van der Waals surface area contributed by atoms with Crippen molar-refractivity contribution < 1.29 is 4.58 Å². The summed E-state index contributed by atoms with van der Waals surface area (Å²) in [6, 6.07) is 9.78. The van der Waals surface area contributed by atoms with Crippen LogP contribution in [-0.4, -0.2) is 41.6 Å². The summed E-state index contributed by atoms with van der Waals surface area (Å²) in [6.45, 7) is 2.08. The van der Waals surface area contributed by atoms with Crippen molar-refractivity contribution in [2.45, 2.75) is 12.8 Å². The van der Waals surface area contributed by atoms with Crippen molar-refractivity contribution >= 4 is 29.0 Å². The Morgan fingerprint density at radius 3 is 2.68 bits per heavy atom. The zero-order chi connectivity index (χ0) is 17.4. The molecule has 0 bridgehead atoms. The molecule has 0 amide bonds. The van der Waals surface area contributed by atoms with E-state index in [1.165, 1.54) is 12.8 Å². The summed E-state index contributed by atoms with van der Waals surface area (Å²) in [4.78, 5) is 6.75. The Balaban J connectivity index is 1.65. The fourth-order valence-corrected chi connectivity index (χ4v) is 3.38. The van der Waals surface area contributed by atoms with Gasteiger partial charge in [0.15, 0.2) is 12.4 Å². The van der Waals surface area contributed by atoms with Crippen LogP contribution in [0.5, 0.6) is 0 Å². The molecule has 1 aromatic heterocycles. The van der Waals surface area contributed by atoms with Crippen LogP contribution in [-0.2, 0) is 0 Å². The van der Waals surface area contributed by atoms with Crippen molar-refractivity contribution in [2.24, 2.45) is 0 Å². The predicted octanol–water partition coefficient (Wildman–Crippen LogP) is 2.75. The van der Waals surface area contributed by atoms with E-state index < -0.39 is 0 Å². The molecular formula is C20H22N5+. The third kappa shape index (κ3) is 2.93. The minimum Gasteiger partial charge on any atom is -0.398 e. The van der Waals surface area contributed by atoms with E-state index in [1.807, 2.05) is 42.0 Å². The van der Waals surface area contributed by atoms with Gasteiger partial charge in [-0.2, -0.15) is 0 Å². The molecule has 0 radical (unpaired) electrons. The Kier molecular flexibility index (Phi) is 3.84. The van der Waals surface area contributed by atoms with E-state index >= 15 is 0 Å². The van der Waals surface area contributed by atoms with Gasteiger partial charge in [0.1, 0.15) is 18.4 Å². The molecule has 5 nitrogen and oxygen atoms in total. The topological polar surface area (TPSA) is 69.0 Å². The van der Waals surface area contributed by atoms with Gasteiger partial charge in [-0.15, -0.1) is 0 Å². The number of aromatic nitrogens is 1. The molecule has 2 aliphatic rings. The summed E-state index contributed by atoms with van der Waals surface area (Å²) in [5, 5.41) is 8.66. The number of nitrogens with one attached hydrogen (secondary N) is 1. The summed E-state index contributed by atoms with van der Waals surface area (Å²) in [6.07, 6.45) is 8.33. The van der Waals surface area contributed by atoms with Crippen LogP contribution >= 0.6 is 0 Å². The molecule has 0 unspecified atom stereocenters.